The summed E-state index contributed by atoms with van der Waals surface area (Å²) in [4.78, 5) is 9.62. The Morgan fingerprint density at radius 3 is 1.59 bits per heavy atom. The first-order valence-electron chi connectivity index (χ1n) is 23.4. The van der Waals surface area contributed by atoms with Crippen molar-refractivity contribution in [2.24, 2.45) is 0 Å². The van der Waals surface area contributed by atoms with Crippen LogP contribution in [0.25, 0.3) is 27.6 Å². The molecule has 1 aliphatic rings. The van der Waals surface area contributed by atoms with Gasteiger partial charge in [-0.15, -0.1) is 53.6 Å². The zero-order valence-electron chi connectivity index (χ0n) is 42.8. The Morgan fingerprint density at radius 2 is 1.00 bits per heavy atom. The van der Waals surface area contributed by atoms with Gasteiger partial charge in [-0.25, -0.2) is 4.98 Å². The van der Waals surface area contributed by atoms with Crippen molar-refractivity contribution in [3.8, 4) is 17.3 Å². The normalized spacial score (nSPS) is 14.0. The molecule has 0 amide bonds. The number of benzene rings is 5. The molecule has 0 bridgehead atoms. The van der Waals surface area contributed by atoms with Gasteiger partial charge in [0.15, 0.2) is 0 Å². The summed E-state index contributed by atoms with van der Waals surface area (Å²) in [7, 11) is 0. The second kappa shape index (κ2) is 16.7. The van der Waals surface area contributed by atoms with Crippen LogP contribution in [0.4, 0.5) is 22.7 Å². The molecule has 0 fully saturated rings. The van der Waals surface area contributed by atoms with Gasteiger partial charge in [0, 0.05) is 61.3 Å². The van der Waals surface area contributed by atoms with Crippen LogP contribution >= 0.6 is 0 Å². The van der Waals surface area contributed by atoms with E-state index in [1.165, 1.54) is 33.2 Å². The molecule has 6 heteroatoms. The van der Waals surface area contributed by atoms with E-state index in [9.17, 15) is 0 Å². The molecule has 7 aromatic rings. The number of hydrogen-bond acceptors (Lipinski definition) is 4. The van der Waals surface area contributed by atoms with E-state index >= 15 is 0 Å². The summed E-state index contributed by atoms with van der Waals surface area (Å²) < 4.78 is 9.20. The topological polar surface area (TPSA) is 33.5 Å². The minimum Gasteiger partial charge on any atom is -0.509 e. The van der Waals surface area contributed by atoms with Crippen molar-refractivity contribution in [1.29, 1.82) is 0 Å². The molecule has 0 unspecified atom stereocenters. The fraction of sp³-hybridized carbons (Fsp3) is 0.400. The predicted molar refractivity (Wildman–Crippen MR) is 276 cm³/mol. The van der Waals surface area contributed by atoms with Gasteiger partial charge >= 0.3 is 0 Å². The summed E-state index contributed by atoms with van der Waals surface area (Å²) in [5.41, 5.74) is 13.6. The van der Waals surface area contributed by atoms with E-state index in [0.717, 1.165) is 50.6 Å². The van der Waals surface area contributed by atoms with Gasteiger partial charge < -0.3 is 19.1 Å². The van der Waals surface area contributed by atoms with Crippen LogP contribution in [0.3, 0.4) is 0 Å². The summed E-state index contributed by atoms with van der Waals surface area (Å²) in [6.45, 7) is 43.2. The van der Waals surface area contributed by atoms with Crippen LogP contribution in [0.15, 0.2) is 97.2 Å². The Labute approximate surface area is 411 Å². The van der Waals surface area contributed by atoms with Crippen molar-refractivity contribution >= 4 is 44.6 Å². The van der Waals surface area contributed by atoms with E-state index in [0.29, 0.717) is 11.5 Å². The summed E-state index contributed by atoms with van der Waals surface area (Å²) in [6.07, 6.45) is 1.93. The maximum absolute atomic E-state index is 6.95. The van der Waals surface area contributed by atoms with Crippen molar-refractivity contribution in [1.82, 2.24) is 9.55 Å². The van der Waals surface area contributed by atoms with Gasteiger partial charge in [0.1, 0.15) is 5.82 Å². The summed E-state index contributed by atoms with van der Waals surface area (Å²) in [6, 6.07) is 41.4. The molecule has 2 aromatic heterocycles. The molecule has 350 valence electrons. The molecule has 5 aromatic carbocycles. The van der Waals surface area contributed by atoms with Gasteiger partial charge in [0.2, 0.25) is 0 Å². The third-order valence-corrected chi connectivity index (χ3v) is 13.1. The van der Waals surface area contributed by atoms with Crippen LogP contribution in [0.2, 0.25) is 0 Å². The SMILES string of the molecule is CC(C)(C)c1cc(Oc2[c-]c3c(cc2)c2cc(C(C)(C)C)ccc2n3-c2cc(C(C)(C)C)ccn2)[c-]c(N2[CH-]N(c3cc(C(C)(C)C)cc(C(C)(C)C)c3)c3ccc(C(C)(C)C)cc32)c1.[Pt]. The van der Waals surface area contributed by atoms with E-state index in [4.69, 9.17) is 9.72 Å². The first-order valence-corrected chi connectivity index (χ1v) is 23.4. The smallest absolute Gasteiger partial charge is 0.135 e. The third-order valence-electron chi connectivity index (χ3n) is 13.1. The maximum Gasteiger partial charge on any atom is 0.135 e. The number of pyridine rings is 1. The van der Waals surface area contributed by atoms with E-state index in [1.54, 1.807) is 0 Å². The van der Waals surface area contributed by atoms with E-state index < -0.39 is 0 Å². The summed E-state index contributed by atoms with van der Waals surface area (Å²) >= 11 is 0. The monoisotopic (exact) mass is 1060 g/mol. The Hall–Kier alpha value is -4.86. The van der Waals surface area contributed by atoms with Crippen LogP contribution in [-0.2, 0) is 53.6 Å². The summed E-state index contributed by atoms with van der Waals surface area (Å²) in [5, 5.41) is 2.28. The number of ether oxygens (including phenoxy) is 1. The number of hydrogen-bond donors (Lipinski definition) is 0. The molecule has 0 aliphatic carbocycles. The van der Waals surface area contributed by atoms with Crippen molar-refractivity contribution < 1.29 is 25.8 Å². The van der Waals surface area contributed by atoms with Crippen LogP contribution in [-0.4, -0.2) is 9.55 Å². The Balaban J connectivity index is 0.00000648. The van der Waals surface area contributed by atoms with Crippen molar-refractivity contribution in [3.63, 3.8) is 0 Å². The largest absolute Gasteiger partial charge is 0.509 e. The molecule has 3 heterocycles. The average molecular weight is 1060 g/mol. The van der Waals surface area contributed by atoms with Crippen molar-refractivity contribution in [2.75, 3.05) is 9.80 Å². The second-order valence-corrected chi connectivity index (χ2v) is 24.6. The minimum atomic E-state index is -0.172. The zero-order valence-corrected chi connectivity index (χ0v) is 45.1. The first-order chi connectivity index (χ1) is 30.0. The average Bonchev–Trinajstić information content (AvgIpc) is 3.74. The number of anilines is 4. The maximum atomic E-state index is 6.95. The molecular weight excluding hydrogens is 988 g/mol. The van der Waals surface area contributed by atoms with Crippen LogP contribution in [0, 0.1) is 18.8 Å². The number of rotatable bonds is 5. The molecule has 1 aliphatic heterocycles. The molecule has 0 radical (unpaired) electrons. The minimum absolute atomic E-state index is 0. The molecule has 0 N–H and O–H groups in total. The molecule has 0 spiro atoms. The van der Waals surface area contributed by atoms with E-state index in [-0.39, 0.29) is 53.6 Å². The number of aromatic nitrogens is 2. The van der Waals surface area contributed by atoms with Crippen LogP contribution < -0.4 is 14.5 Å². The Morgan fingerprint density at radius 1 is 0.455 bits per heavy atom. The van der Waals surface area contributed by atoms with E-state index in [2.05, 4.69) is 249 Å². The fourth-order valence-corrected chi connectivity index (χ4v) is 8.60. The molecule has 5 nitrogen and oxygen atoms in total. The van der Waals surface area contributed by atoms with Crippen LogP contribution in [0.1, 0.15) is 158 Å². The van der Waals surface area contributed by atoms with Gasteiger partial charge in [0.05, 0.1) is 0 Å². The third kappa shape index (κ3) is 9.62. The number of fused-ring (bicyclic) bond motifs is 4. The number of nitrogens with zero attached hydrogens (tertiary/aromatic N) is 4. The molecular formula is C60H71N4OPt-3. The van der Waals surface area contributed by atoms with Gasteiger partial charge in [-0.1, -0.05) is 154 Å². The van der Waals surface area contributed by atoms with Crippen LogP contribution in [0.5, 0.6) is 11.5 Å². The Kier molecular flexibility index (Phi) is 12.4. The van der Waals surface area contributed by atoms with Crippen molar-refractivity contribution in [3.05, 3.63) is 149 Å². The Bertz CT molecular complexity index is 2920. The van der Waals surface area contributed by atoms with Gasteiger partial charge in [-0.3, -0.25) is 0 Å². The fourth-order valence-electron chi connectivity index (χ4n) is 8.60. The standard InChI is InChI=1S/C60H71N4O.Pt/c1-55(2,3)38-19-23-50-49(32-38)48-22-21-46(36-52(48)64(50)54-34-40(25-26-61-54)57(7,8)9)65-47-31-43(60(16,17)18)30-45(35-47)63-37-62(51-24-20-39(33-53(51)63)56(4,5)6)44-28-41(58(10,11)12)27-42(29-44)59(13,14)15;/h19-34,37H,1-18H3;/q-3;. The quantitative estimate of drug-likeness (QED) is 0.161. The molecule has 8 rings (SSSR count). The van der Waals surface area contributed by atoms with Crippen molar-refractivity contribution in [2.45, 2.75) is 157 Å². The summed E-state index contributed by atoms with van der Waals surface area (Å²) in [5.74, 6) is 2.12. The zero-order chi connectivity index (χ0) is 47.4. The van der Waals surface area contributed by atoms with Gasteiger partial charge in [0.25, 0.3) is 0 Å². The first kappa shape index (κ1) is 49.1. The predicted octanol–water partition coefficient (Wildman–Crippen LogP) is 16.8. The van der Waals surface area contributed by atoms with E-state index in [1.807, 2.05) is 6.20 Å². The molecule has 66 heavy (non-hydrogen) atoms. The molecule has 0 saturated heterocycles. The molecule has 0 atom stereocenters. The molecule has 0 saturated carbocycles. The second-order valence-electron chi connectivity index (χ2n) is 24.6. The van der Waals surface area contributed by atoms with Gasteiger partial charge in [-0.2, -0.15) is 6.07 Å². The van der Waals surface area contributed by atoms with Gasteiger partial charge in [-0.05, 0) is 108 Å².